The number of carboxylic acid groups (broad SMARTS) is 1. The van der Waals surface area contributed by atoms with Crippen LogP contribution in [0.2, 0.25) is 0 Å². The normalized spacial score (nSPS) is 11.9. The maximum atomic E-state index is 11.1. The quantitative estimate of drug-likeness (QED) is 0.564. The van der Waals surface area contributed by atoms with E-state index >= 15 is 0 Å². The van der Waals surface area contributed by atoms with Gasteiger partial charge in [-0.15, -0.1) is 12.4 Å². The maximum absolute atomic E-state index is 11.1. The van der Waals surface area contributed by atoms with E-state index in [1.54, 1.807) is 0 Å². The van der Waals surface area contributed by atoms with Crippen LogP contribution in [0.1, 0.15) is 59.3 Å². The van der Waals surface area contributed by atoms with Crippen LogP contribution in [0.15, 0.2) is 0 Å². The molecule has 0 saturated carbocycles. The van der Waals surface area contributed by atoms with E-state index in [4.69, 9.17) is 0 Å². The molecule has 1 N–H and O–H groups in total. The first-order valence-electron chi connectivity index (χ1n) is 7.32. The van der Waals surface area contributed by atoms with Crippen LogP contribution in [-0.2, 0) is 4.79 Å². The van der Waals surface area contributed by atoms with E-state index in [0.717, 1.165) is 0 Å². The van der Waals surface area contributed by atoms with Crippen LogP contribution in [0.25, 0.3) is 0 Å². The molecule has 4 heteroatoms. The molecule has 0 aliphatic carbocycles. The maximum Gasteiger partial charge on any atom is -0.147 e. The topological polar surface area (TPSA) is 37.3 Å². The molecule has 0 spiro atoms. The molecule has 0 radical (unpaired) electrons. The third-order valence-electron chi connectivity index (χ3n) is 3.71. The number of rotatable bonds is 11. The van der Waals surface area contributed by atoms with Crippen LogP contribution >= 0.6 is 19.7 Å². The Morgan fingerprint density at radius 1 is 0.889 bits per heavy atom. The minimum atomic E-state index is -1.52. The Morgan fingerprint density at radius 2 is 1.22 bits per heavy atom. The van der Waals surface area contributed by atoms with Crippen LogP contribution in [0.4, 0.5) is 0 Å². The molecule has 112 valence electrons. The summed E-state index contributed by atoms with van der Waals surface area (Å²) < 4.78 is 0. The summed E-state index contributed by atoms with van der Waals surface area (Å²) in [6.07, 6.45) is 11.5. The Hall–Kier alpha value is 0.190. The molecule has 0 aromatic heterocycles. The first-order valence-corrected chi connectivity index (χ1v) is 10.1. The fourth-order valence-electron chi connectivity index (χ4n) is 2.62. The van der Waals surface area contributed by atoms with E-state index in [0.29, 0.717) is 6.16 Å². The number of unbranched alkanes of at least 4 members (excludes halogenated alkanes) is 3. The molecule has 0 aromatic carbocycles. The Labute approximate surface area is 120 Å². The zero-order valence-corrected chi connectivity index (χ0v) is 14.2. The molecule has 2 nitrogen and oxygen atoms in total. The molecule has 0 aromatic rings. The largest absolute Gasteiger partial charge is 0.147 e. The summed E-state index contributed by atoms with van der Waals surface area (Å²) in [5.74, 6) is -0.556. The van der Waals surface area contributed by atoms with Crippen molar-refractivity contribution >= 4 is 25.6 Å². The molecular formula is C14H32ClO2P. The van der Waals surface area contributed by atoms with Crippen molar-refractivity contribution in [2.24, 2.45) is 0 Å². The van der Waals surface area contributed by atoms with Crippen LogP contribution < -0.4 is 0 Å². The minimum Gasteiger partial charge on any atom is -0.147 e. The molecule has 0 atom stereocenters. The summed E-state index contributed by atoms with van der Waals surface area (Å²) in [6.45, 7) is 6.62. The van der Waals surface area contributed by atoms with Gasteiger partial charge in [0.1, 0.15) is 0 Å². The van der Waals surface area contributed by atoms with Gasteiger partial charge in [-0.2, -0.15) is 0 Å². The second-order valence-corrected chi connectivity index (χ2v) is 10.2. The van der Waals surface area contributed by atoms with Gasteiger partial charge in [0.25, 0.3) is 0 Å². The van der Waals surface area contributed by atoms with Crippen LogP contribution in [0, 0.1) is 0 Å². The van der Waals surface area contributed by atoms with E-state index < -0.39 is 13.2 Å². The van der Waals surface area contributed by atoms with E-state index in [2.05, 4.69) is 20.8 Å². The smallest absolute Gasteiger partial charge is 0.147 e. The van der Waals surface area contributed by atoms with E-state index in [1.807, 2.05) is 0 Å². The van der Waals surface area contributed by atoms with Gasteiger partial charge in [0, 0.05) is 0 Å². The SMILES string of the molecule is CCCC[PH](CCCC)(CCCC)CC(=O)O.Cl. The van der Waals surface area contributed by atoms with Crippen molar-refractivity contribution in [2.45, 2.75) is 59.3 Å². The van der Waals surface area contributed by atoms with Gasteiger partial charge < -0.3 is 0 Å². The van der Waals surface area contributed by atoms with Crippen LogP contribution in [-0.4, -0.2) is 35.7 Å². The van der Waals surface area contributed by atoms with Crippen molar-refractivity contribution < 1.29 is 9.90 Å². The second kappa shape index (κ2) is 12.2. The number of carboxylic acids is 1. The number of hydrogen-bond donors (Lipinski definition) is 1. The number of carbonyl (C=O) groups is 1. The Bertz CT molecular complexity index is 188. The van der Waals surface area contributed by atoms with Crippen molar-refractivity contribution in [1.82, 2.24) is 0 Å². The van der Waals surface area contributed by atoms with Crippen molar-refractivity contribution in [1.29, 1.82) is 0 Å². The fraction of sp³-hybridized carbons (Fsp3) is 0.929. The third kappa shape index (κ3) is 9.16. The first kappa shape index (κ1) is 20.5. The molecule has 0 aliphatic heterocycles. The summed E-state index contributed by atoms with van der Waals surface area (Å²) in [6, 6.07) is 0. The standard InChI is InChI=1S/C14H31O2P.ClH/c1-4-7-10-17(11-8-5-2,12-9-6-3)13-14(15)16;/h17H,4-13H2,1-3H3,(H,15,16);1H. The summed E-state index contributed by atoms with van der Waals surface area (Å²) in [7, 11) is -1.52. The van der Waals surface area contributed by atoms with Gasteiger partial charge in [-0.05, 0) is 0 Å². The monoisotopic (exact) mass is 298 g/mol. The van der Waals surface area contributed by atoms with Gasteiger partial charge in [0.15, 0.2) is 0 Å². The molecule has 0 fully saturated rings. The predicted molar refractivity (Wildman–Crippen MR) is 87.4 cm³/mol. The molecule has 18 heavy (non-hydrogen) atoms. The van der Waals surface area contributed by atoms with E-state index in [-0.39, 0.29) is 12.4 Å². The third-order valence-corrected chi connectivity index (χ3v) is 9.00. The van der Waals surface area contributed by atoms with Gasteiger partial charge >= 0.3 is 107 Å². The minimum absolute atomic E-state index is 0. The molecule has 0 rings (SSSR count). The summed E-state index contributed by atoms with van der Waals surface area (Å²) in [4.78, 5) is 11.1. The van der Waals surface area contributed by atoms with Gasteiger partial charge in [-0.3, -0.25) is 0 Å². The Morgan fingerprint density at radius 3 is 1.44 bits per heavy atom. The van der Waals surface area contributed by atoms with Crippen molar-refractivity contribution in [3.8, 4) is 0 Å². The van der Waals surface area contributed by atoms with Crippen LogP contribution in [0.3, 0.4) is 0 Å². The summed E-state index contributed by atoms with van der Waals surface area (Å²) in [5, 5.41) is 9.18. The van der Waals surface area contributed by atoms with Crippen molar-refractivity contribution in [2.75, 3.05) is 24.6 Å². The van der Waals surface area contributed by atoms with E-state index in [1.165, 1.54) is 57.0 Å². The van der Waals surface area contributed by atoms with Gasteiger partial charge in [0.2, 0.25) is 0 Å². The molecule has 0 bridgehead atoms. The zero-order valence-electron chi connectivity index (χ0n) is 12.3. The van der Waals surface area contributed by atoms with Gasteiger partial charge in [0.05, 0.1) is 0 Å². The molecule has 0 heterocycles. The summed E-state index contributed by atoms with van der Waals surface area (Å²) in [5.41, 5.74) is 0. The summed E-state index contributed by atoms with van der Waals surface area (Å²) >= 11 is 0. The first-order chi connectivity index (χ1) is 8.10. The fourth-order valence-corrected chi connectivity index (χ4v) is 7.85. The zero-order chi connectivity index (χ0) is 13.1. The molecule has 0 saturated heterocycles. The molecular weight excluding hydrogens is 267 g/mol. The second-order valence-electron chi connectivity index (χ2n) is 5.38. The van der Waals surface area contributed by atoms with E-state index in [9.17, 15) is 9.90 Å². The average Bonchev–Trinajstić information content (AvgIpc) is 2.30. The van der Waals surface area contributed by atoms with Crippen LogP contribution in [0.5, 0.6) is 0 Å². The van der Waals surface area contributed by atoms with Gasteiger partial charge in [-0.25, -0.2) is 0 Å². The predicted octanol–water partition coefficient (Wildman–Crippen LogP) is 4.64. The molecule has 0 amide bonds. The molecule has 0 unspecified atom stereocenters. The van der Waals surface area contributed by atoms with Gasteiger partial charge in [-0.1, -0.05) is 0 Å². The average molecular weight is 299 g/mol. The number of aliphatic carboxylic acids is 1. The van der Waals surface area contributed by atoms with Crippen molar-refractivity contribution in [3.63, 3.8) is 0 Å². The number of halogens is 1. The Balaban J connectivity index is 0. The number of hydrogen-bond acceptors (Lipinski definition) is 1. The molecule has 0 aliphatic rings. The Kier molecular flexibility index (Phi) is 13.9. The van der Waals surface area contributed by atoms with Crippen molar-refractivity contribution in [3.05, 3.63) is 0 Å².